The Morgan fingerprint density at radius 3 is 2.40 bits per heavy atom. The highest BCUT2D eigenvalue weighted by Gasteiger charge is 2.12. The normalized spacial score (nSPS) is 10.2. The zero-order chi connectivity index (χ0) is 18.2. The summed E-state index contributed by atoms with van der Waals surface area (Å²) in [6, 6.07) is 13.2. The number of benzene rings is 2. The van der Waals surface area contributed by atoms with Crippen LogP contribution in [0.4, 0.5) is 5.69 Å². The highest BCUT2D eigenvalue weighted by molar-refractivity contribution is 6.35. The maximum Gasteiger partial charge on any atom is 0.306 e. The van der Waals surface area contributed by atoms with Gasteiger partial charge in [0, 0.05) is 17.0 Å². The molecule has 0 saturated heterocycles. The molecular formula is C18H15Cl2NO4. The van der Waals surface area contributed by atoms with E-state index in [-0.39, 0.29) is 25.2 Å². The van der Waals surface area contributed by atoms with Crippen molar-refractivity contribution in [3.8, 4) is 0 Å². The summed E-state index contributed by atoms with van der Waals surface area (Å²) >= 11 is 11.8. The number of hydrogen-bond donors (Lipinski definition) is 1. The molecule has 0 heterocycles. The van der Waals surface area contributed by atoms with E-state index in [4.69, 9.17) is 27.9 Å². The minimum absolute atomic E-state index is 0.0960. The molecule has 2 rings (SSSR count). The van der Waals surface area contributed by atoms with Crippen molar-refractivity contribution in [3.63, 3.8) is 0 Å². The van der Waals surface area contributed by atoms with Crippen LogP contribution >= 0.6 is 23.2 Å². The van der Waals surface area contributed by atoms with Gasteiger partial charge < -0.3 is 10.1 Å². The van der Waals surface area contributed by atoms with Crippen LogP contribution in [0, 0.1) is 0 Å². The predicted octanol–water partition coefficient (Wildman–Crippen LogP) is 4.14. The number of Topliss-reactive ketones (excluding diaryl/α,β-unsaturated/α-hetero) is 1. The Morgan fingerprint density at radius 2 is 1.68 bits per heavy atom. The highest BCUT2D eigenvalue weighted by atomic mass is 35.5. The molecule has 130 valence electrons. The average molecular weight is 380 g/mol. The number of anilines is 1. The lowest BCUT2D eigenvalue weighted by Gasteiger charge is -2.08. The second-order valence-corrected chi connectivity index (χ2v) is 5.97. The maximum absolute atomic E-state index is 11.9. The molecule has 5 nitrogen and oxygen atoms in total. The molecule has 1 N–H and O–H groups in total. The van der Waals surface area contributed by atoms with Crippen molar-refractivity contribution in [1.82, 2.24) is 0 Å². The molecule has 0 radical (unpaired) electrons. The third-order valence-electron chi connectivity index (χ3n) is 3.22. The number of ketones is 1. The van der Waals surface area contributed by atoms with E-state index < -0.39 is 11.9 Å². The Hall–Kier alpha value is -2.37. The summed E-state index contributed by atoms with van der Waals surface area (Å²) < 4.78 is 4.89. The molecule has 0 aliphatic carbocycles. The zero-order valence-corrected chi connectivity index (χ0v) is 14.6. The first-order chi connectivity index (χ1) is 12.0. The van der Waals surface area contributed by atoms with E-state index >= 15 is 0 Å². The summed E-state index contributed by atoms with van der Waals surface area (Å²) in [6.07, 6.45) is -0.243. The molecule has 0 unspecified atom stereocenters. The summed E-state index contributed by atoms with van der Waals surface area (Å²) in [5.74, 6) is -1.34. The van der Waals surface area contributed by atoms with Crippen molar-refractivity contribution in [1.29, 1.82) is 0 Å². The van der Waals surface area contributed by atoms with Gasteiger partial charge in [0.15, 0.2) is 12.4 Å². The lowest BCUT2D eigenvalue weighted by molar-refractivity contribution is -0.143. The van der Waals surface area contributed by atoms with Gasteiger partial charge in [0.25, 0.3) is 0 Å². The molecule has 1 amide bonds. The van der Waals surface area contributed by atoms with Crippen LogP contribution in [0.25, 0.3) is 0 Å². The van der Waals surface area contributed by atoms with Gasteiger partial charge in [0.05, 0.1) is 17.1 Å². The minimum Gasteiger partial charge on any atom is -0.457 e. The standard InChI is InChI=1S/C18H15Cl2NO4/c19-13-6-7-14(20)15(10-13)21-17(23)8-9-18(24)25-11-16(22)12-4-2-1-3-5-12/h1-7,10H,8-9,11H2,(H,21,23). The van der Waals surface area contributed by atoms with Gasteiger partial charge in [0.1, 0.15) is 0 Å². The predicted molar refractivity (Wildman–Crippen MR) is 96.1 cm³/mol. The first-order valence-corrected chi connectivity index (χ1v) is 8.20. The lowest BCUT2D eigenvalue weighted by atomic mass is 10.1. The number of carbonyl (C=O) groups excluding carboxylic acids is 3. The molecule has 7 heteroatoms. The van der Waals surface area contributed by atoms with Crippen LogP contribution in [0.1, 0.15) is 23.2 Å². The molecule has 2 aromatic rings. The van der Waals surface area contributed by atoms with Gasteiger partial charge in [-0.2, -0.15) is 0 Å². The van der Waals surface area contributed by atoms with Gasteiger partial charge in [-0.15, -0.1) is 0 Å². The third-order valence-corrected chi connectivity index (χ3v) is 3.78. The Bertz CT molecular complexity index is 778. The van der Waals surface area contributed by atoms with Gasteiger partial charge in [-0.1, -0.05) is 53.5 Å². The molecule has 0 bridgehead atoms. The van der Waals surface area contributed by atoms with E-state index in [1.54, 1.807) is 42.5 Å². The summed E-state index contributed by atoms with van der Waals surface area (Å²) in [6.45, 7) is -0.357. The fourth-order valence-corrected chi connectivity index (χ4v) is 2.28. The van der Waals surface area contributed by atoms with Crippen molar-refractivity contribution in [3.05, 3.63) is 64.1 Å². The topological polar surface area (TPSA) is 72.5 Å². The Morgan fingerprint density at radius 1 is 0.960 bits per heavy atom. The average Bonchev–Trinajstić information content (AvgIpc) is 2.61. The summed E-state index contributed by atoms with van der Waals surface area (Å²) in [5, 5.41) is 3.34. The van der Waals surface area contributed by atoms with Crippen LogP contribution in [-0.2, 0) is 14.3 Å². The molecule has 0 aliphatic rings. The number of rotatable bonds is 7. The summed E-state index contributed by atoms with van der Waals surface area (Å²) in [4.78, 5) is 35.3. The van der Waals surface area contributed by atoms with Crippen LogP contribution in [0.15, 0.2) is 48.5 Å². The number of ether oxygens (including phenoxy) is 1. The molecular weight excluding hydrogens is 365 g/mol. The lowest BCUT2D eigenvalue weighted by Crippen LogP contribution is -2.17. The van der Waals surface area contributed by atoms with E-state index in [1.807, 2.05) is 0 Å². The van der Waals surface area contributed by atoms with Gasteiger partial charge in [-0.25, -0.2) is 0 Å². The van der Waals surface area contributed by atoms with Crippen LogP contribution in [0.3, 0.4) is 0 Å². The van der Waals surface area contributed by atoms with Crippen LogP contribution in [0.5, 0.6) is 0 Å². The van der Waals surface area contributed by atoms with Gasteiger partial charge in [-0.05, 0) is 18.2 Å². The number of nitrogens with one attached hydrogen (secondary N) is 1. The van der Waals surface area contributed by atoms with Crippen molar-refractivity contribution in [2.75, 3.05) is 11.9 Å². The van der Waals surface area contributed by atoms with Crippen molar-refractivity contribution in [2.24, 2.45) is 0 Å². The van der Waals surface area contributed by atoms with Crippen molar-refractivity contribution in [2.45, 2.75) is 12.8 Å². The van der Waals surface area contributed by atoms with Crippen molar-refractivity contribution >= 4 is 46.5 Å². The number of halogens is 2. The largest absolute Gasteiger partial charge is 0.457 e. The Labute approximate surface area is 154 Å². The molecule has 0 spiro atoms. The summed E-state index contributed by atoms with van der Waals surface area (Å²) in [5.41, 5.74) is 0.829. The first-order valence-electron chi connectivity index (χ1n) is 7.44. The molecule has 0 aromatic heterocycles. The van der Waals surface area contributed by atoms with Gasteiger partial charge in [0.2, 0.25) is 5.91 Å². The zero-order valence-electron chi connectivity index (χ0n) is 13.1. The monoisotopic (exact) mass is 379 g/mol. The molecule has 0 atom stereocenters. The van der Waals surface area contributed by atoms with E-state index in [1.165, 1.54) is 6.07 Å². The maximum atomic E-state index is 11.9. The molecule has 2 aromatic carbocycles. The number of carbonyl (C=O) groups is 3. The smallest absolute Gasteiger partial charge is 0.306 e. The second-order valence-electron chi connectivity index (χ2n) is 5.12. The fourth-order valence-electron chi connectivity index (χ4n) is 1.95. The minimum atomic E-state index is -0.628. The van der Waals surface area contributed by atoms with E-state index in [0.717, 1.165) is 0 Å². The van der Waals surface area contributed by atoms with Gasteiger partial charge >= 0.3 is 5.97 Å². The molecule has 0 aliphatic heterocycles. The van der Waals surface area contributed by atoms with Crippen LogP contribution in [-0.4, -0.2) is 24.3 Å². The molecule has 0 saturated carbocycles. The third kappa shape index (κ3) is 6.21. The number of amides is 1. The van der Waals surface area contributed by atoms with E-state index in [0.29, 0.717) is 21.3 Å². The number of hydrogen-bond acceptors (Lipinski definition) is 4. The molecule has 25 heavy (non-hydrogen) atoms. The van der Waals surface area contributed by atoms with E-state index in [2.05, 4.69) is 5.32 Å². The van der Waals surface area contributed by atoms with Crippen LogP contribution in [0.2, 0.25) is 10.0 Å². The fraction of sp³-hybridized carbons (Fsp3) is 0.167. The summed E-state index contributed by atoms with van der Waals surface area (Å²) in [7, 11) is 0. The number of esters is 1. The Balaban J connectivity index is 1.75. The SMILES string of the molecule is O=C(CCC(=O)OCC(=O)c1ccccc1)Nc1cc(Cl)ccc1Cl. The van der Waals surface area contributed by atoms with E-state index in [9.17, 15) is 14.4 Å². The Kier molecular flexibility index (Phi) is 6.98. The molecule has 0 fully saturated rings. The second kappa shape index (κ2) is 9.20. The highest BCUT2D eigenvalue weighted by Crippen LogP contribution is 2.25. The van der Waals surface area contributed by atoms with Crippen LogP contribution < -0.4 is 5.32 Å². The quantitative estimate of drug-likeness (QED) is 0.579. The first kappa shape index (κ1) is 19.0. The van der Waals surface area contributed by atoms with Gasteiger partial charge in [-0.3, -0.25) is 14.4 Å². The van der Waals surface area contributed by atoms with Crippen molar-refractivity contribution < 1.29 is 19.1 Å².